The van der Waals surface area contributed by atoms with E-state index in [4.69, 9.17) is 0 Å². The minimum absolute atomic E-state index is 0.115. The maximum atomic E-state index is 9.69. The summed E-state index contributed by atoms with van der Waals surface area (Å²) in [7, 11) is 2.35. The van der Waals surface area contributed by atoms with Crippen molar-refractivity contribution in [2.45, 2.75) is 0 Å². The van der Waals surface area contributed by atoms with Crippen molar-refractivity contribution in [1.29, 1.82) is 0 Å². The van der Waals surface area contributed by atoms with Gasteiger partial charge in [-0.2, -0.15) is 0 Å². The Hall–Kier alpha value is -0.200. The van der Waals surface area contributed by atoms with E-state index >= 15 is 0 Å². The molecule has 5 nitrogen and oxygen atoms in total. The first-order chi connectivity index (χ1) is 3.27. The van der Waals surface area contributed by atoms with E-state index in [1.54, 1.807) is 0 Å². The van der Waals surface area contributed by atoms with Crippen LogP contribution < -0.4 is 0 Å². The van der Waals surface area contributed by atoms with E-state index in [9.17, 15) is 5.21 Å². The Morgan fingerprint density at radius 2 is 2.14 bits per heavy atom. The van der Waals surface area contributed by atoms with Crippen molar-refractivity contribution in [2.75, 3.05) is 14.2 Å². The minimum atomic E-state index is 0.115. The zero-order valence-corrected chi connectivity index (χ0v) is 4.08. The molecule has 0 bridgehead atoms. The normalized spacial score (nSPS) is 10.3. The summed E-state index contributed by atoms with van der Waals surface area (Å²) in [6.45, 7) is 0. The Morgan fingerprint density at radius 3 is 2.29 bits per heavy atom. The van der Waals surface area contributed by atoms with Gasteiger partial charge >= 0.3 is 0 Å². The fourth-order valence-corrected chi connectivity index (χ4v) is 0.0733. The predicted molar refractivity (Wildman–Crippen MR) is 20.3 cm³/mol. The summed E-state index contributed by atoms with van der Waals surface area (Å²) in [5, 5.41) is 13.5. The molecule has 44 valence electrons. The van der Waals surface area contributed by atoms with E-state index in [0.717, 1.165) is 7.05 Å². The molecule has 0 radical (unpaired) electrons. The van der Waals surface area contributed by atoms with Gasteiger partial charge in [-0.25, -0.2) is 10.1 Å². The quantitative estimate of drug-likeness (QED) is 0.371. The second kappa shape index (κ2) is 3.97. The van der Waals surface area contributed by atoms with Gasteiger partial charge in [0, 0.05) is 7.05 Å². The molecule has 0 rings (SSSR count). The van der Waals surface area contributed by atoms with Crippen LogP contribution in [0.5, 0.6) is 0 Å². The average Bonchev–Trinajstić information content (AvgIpc) is 1.61. The Kier molecular flexibility index (Phi) is 3.86. The van der Waals surface area contributed by atoms with Gasteiger partial charge in [0.25, 0.3) is 0 Å². The summed E-state index contributed by atoms with van der Waals surface area (Å²) in [6.07, 6.45) is 0. The molecule has 0 aliphatic heterocycles. The monoisotopic (exact) mass is 108 g/mol. The second-order valence-corrected chi connectivity index (χ2v) is 0.749. The molecule has 0 fully saturated rings. The van der Waals surface area contributed by atoms with E-state index in [2.05, 4.69) is 14.9 Å². The molecule has 0 aliphatic rings. The van der Waals surface area contributed by atoms with Crippen LogP contribution in [-0.4, -0.2) is 19.4 Å². The highest BCUT2D eigenvalue weighted by atomic mass is 17.6. The van der Waals surface area contributed by atoms with E-state index < -0.39 is 0 Å². The van der Waals surface area contributed by atoms with Crippen LogP contribution in [0.4, 0.5) is 0 Å². The third-order valence-corrected chi connectivity index (χ3v) is 0.203. The molecule has 0 atom stereocenters. The fraction of sp³-hybridized carbons (Fsp3) is 1.00. The molecule has 0 aromatic rings. The molecule has 0 N–H and O–H groups in total. The Balaban J connectivity index is 2.68. The molecule has 7 heavy (non-hydrogen) atoms. The van der Waals surface area contributed by atoms with Gasteiger partial charge in [-0.1, -0.05) is 0 Å². The smallest absolute Gasteiger partial charge is 0.0745 e. The molecule has 0 aliphatic carbocycles. The highest BCUT2D eigenvalue weighted by molar-refractivity contribution is 4.17. The predicted octanol–water partition coefficient (Wildman–Crippen LogP) is -0.159. The number of nitrogens with zero attached hydrogens (tertiary/aromatic N) is 1. The molecule has 0 spiro atoms. The van der Waals surface area contributed by atoms with Gasteiger partial charge in [0.15, 0.2) is 0 Å². The summed E-state index contributed by atoms with van der Waals surface area (Å²) in [6, 6.07) is 0. The zero-order valence-electron chi connectivity index (χ0n) is 4.08. The van der Waals surface area contributed by atoms with Crippen LogP contribution >= 0.6 is 0 Å². The molecular formula is C2H6NO4-. The molecule has 0 aromatic heterocycles. The lowest BCUT2D eigenvalue weighted by Gasteiger charge is -2.15. The fourth-order valence-electron chi connectivity index (χ4n) is 0.0733. The number of hydrogen-bond donors (Lipinski definition) is 0. The van der Waals surface area contributed by atoms with Crippen LogP contribution in [-0.2, 0) is 14.9 Å². The Morgan fingerprint density at radius 1 is 1.57 bits per heavy atom. The highest BCUT2D eigenvalue weighted by Crippen LogP contribution is 1.79. The molecule has 0 unspecified atom stereocenters. The first kappa shape index (κ1) is 6.80. The number of hydroxylamine groups is 2. The Bertz CT molecular complexity index is 38.7. The van der Waals surface area contributed by atoms with Gasteiger partial charge in [-0.3, -0.25) is 0 Å². The lowest BCUT2D eigenvalue weighted by Crippen LogP contribution is -2.09. The summed E-state index contributed by atoms with van der Waals surface area (Å²) in [5.74, 6) is 0. The topological polar surface area (TPSA) is 54.0 Å². The van der Waals surface area contributed by atoms with Gasteiger partial charge in [0.2, 0.25) is 0 Å². The molecule has 0 saturated heterocycles. The zero-order chi connectivity index (χ0) is 5.70. The van der Waals surface area contributed by atoms with E-state index in [1.807, 2.05) is 0 Å². The molecule has 0 aromatic carbocycles. The molecule has 5 heteroatoms. The summed E-state index contributed by atoms with van der Waals surface area (Å²) in [4.78, 5) is 7.64. The van der Waals surface area contributed by atoms with Crippen LogP contribution in [0, 0.1) is 5.21 Å². The van der Waals surface area contributed by atoms with Crippen LogP contribution in [0.25, 0.3) is 0 Å². The van der Waals surface area contributed by atoms with Crippen LogP contribution in [0.15, 0.2) is 0 Å². The summed E-state index contributed by atoms with van der Waals surface area (Å²) < 4.78 is 0. The van der Waals surface area contributed by atoms with Crippen molar-refractivity contribution in [2.24, 2.45) is 0 Å². The van der Waals surface area contributed by atoms with Gasteiger partial charge < -0.3 is 5.21 Å². The molecular weight excluding hydrogens is 102 g/mol. The number of rotatable bonds is 3. The van der Waals surface area contributed by atoms with Crippen molar-refractivity contribution in [3.05, 3.63) is 5.21 Å². The van der Waals surface area contributed by atoms with Crippen molar-refractivity contribution in [1.82, 2.24) is 5.23 Å². The molecule has 0 amide bonds. The van der Waals surface area contributed by atoms with Crippen LogP contribution in [0.1, 0.15) is 0 Å². The first-order valence-electron chi connectivity index (χ1n) is 1.55. The van der Waals surface area contributed by atoms with E-state index in [1.165, 1.54) is 7.11 Å². The molecule has 0 heterocycles. The van der Waals surface area contributed by atoms with Crippen molar-refractivity contribution in [3.8, 4) is 0 Å². The van der Waals surface area contributed by atoms with Crippen molar-refractivity contribution < 1.29 is 14.9 Å². The summed E-state index contributed by atoms with van der Waals surface area (Å²) in [5.41, 5.74) is 0. The standard InChI is InChI=1S/C2H6NO4/c1-3(4)6-7-5-2/h1-2H3/q-1. The largest absolute Gasteiger partial charge is 0.760 e. The maximum absolute atomic E-state index is 9.69. The lowest BCUT2D eigenvalue weighted by atomic mass is 11.5. The van der Waals surface area contributed by atoms with Gasteiger partial charge in [0.1, 0.15) is 0 Å². The Labute approximate surface area is 40.8 Å². The average molecular weight is 108 g/mol. The van der Waals surface area contributed by atoms with Gasteiger partial charge in [-0.05, 0) is 5.04 Å². The summed E-state index contributed by atoms with van der Waals surface area (Å²) >= 11 is 0. The lowest BCUT2D eigenvalue weighted by molar-refractivity contribution is -0.562. The van der Waals surface area contributed by atoms with Crippen molar-refractivity contribution in [3.63, 3.8) is 0 Å². The van der Waals surface area contributed by atoms with Crippen LogP contribution in [0.3, 0.4) is 0 Å². The van der Waals surface area contributed by atoms with Crippen molar-refractivity contribution >= 4 is 0 Å². The maximum Gasteiger partial charge on any atom is 0.0745 e. The number of hydrogen-bond acceptors (Lipinski definition) is 5. The van der Waals surface area contributed by atoms with E-state index in [-0.39, 0.29) is 5.23 Å². The van der Waals surface area contributed by atoms with Gasteiger partial charge in [-0.15, -0.1) is 4.99 Å². The van der Waals surface area contributed by atoms with Gasteiger partial charge in [0.05, 0.1) is 7.11 Å². The SMILES string of the molecule is COOON(C)[O-]. The van der Waals surface area contributed by atoms with Crippen LogP contribution in [0.2, 0.25) is 0 Å². The van der Waals surface area contributed by atoms with E-state index in [0.29, 0.717) is 0 Å². The third kappa shape index (κ3) is 5.80. The molecule has 0 saturated carbocycles. The second-order valence-electron chi connectivity index (χ2n) is 0.749. The first-order valence-corrected chi connectivity index (χ1v) is 1.55. The highest BCUT2D eigenvalue weighted by Gasteiger charge is 1.77. The third-order valence-electron chi connectivity index (χ3n) is 0.203. The minimum Gasteiger partial charge on any atom is -0.760 e.